The highest BCUT2D eigenvalue weighted by Gasteiger charge is 2.25. The van der Waals surface area contributed by atoms with Crippen molar-refractivity contribution in [2.45, 2.75) is 38.6 Å². The highest BCUT2D eigenvalue weighted by Crippen LogP contribution is 2.27. The lowest BCUT2D eigenvalue weighted by Crippen LogP contribution is -2.47. The van der Waals surface area contributed by atoms with Crippen LogP contribution in [-0.4, -0.2) is 68.1 Å². The molecule has 1 aliphatic rings. The minimum atomic E-state index is -0.0427. The highest BCUT2D eigenvalue weighted by molar-refractivity contribution is 5.94. The maximum atomic E-state index is 12.4. The first kappa shape index (κ1) is 20.2. The van der Waals surface area contributed by atoms with Gasteiger partial charge in [0.05, 0.1) is 0 Å². The van der Waals surface area contributed by atoms with E-state index in [1.165, 1.54) is 0 Å². The minimum absolute atomic E-state index is 0.00211. The van der Waals surface area contributed by atoms with Crippen molar-refractivity contribution in [3.63, 3.8) is 0 Å². The first-order valence-electron chi connectivity index (χ1n) is 9.45. The van der Waals surface area contributed by atoms with Crippen LogP contribution in [0.15, 0.2) is 24.3 Å². The zero-order valence-corrected chi connectivity index (χ0v) is 16.4. The Labute approximate surface area is 156 Å². The number of benzene rings is 1. The van der Waals surface area contributed by atoms with E-state index in [4.69, 9.17) is 0 Å². The fourth-order valence-corrected chi connectivity index (χ4v) is 3.20. The maximum absolute atomic E-state index is 12.4. The molecule has 6 nitrogen and oxygen atoms in total. The topological polar surface area (TPSA) is 64.7 Å². The van der Waals surface area contributed by atoms with Gasteiger partial charge in [0.1, 0.15) is 0 Å². The van der Waals surface area contributed by atoms with Crippen LogP contribution in [0.5, 0.6) is 0 Å². The van der Waals surface area contributed by atoms with Gasteiger partial charge in [0.25, 0.3) is 5.91 Å². The van der Waals surface area contributed by atoms with Crippen molar-refractivity contribution < 1.29 is 9.59 Å². The number of amides is 3. The van der Waals surface area contributed by atoms with E-state index in [0.717, 1.165) is 31.5 Å². The second kappa shape index (κ2) is 9.57. The van der Waals surface area contributed by atoms with Crippen LogP contribution in [0.25, 0.3) is 0 Å². The van der Waals surface area contributed by atoms with E-state index in [2.05, 4.69) is 16.7 Å². The van der Waals surface area contributed by atoms with Gasteiger partial charge in [-0.1, -0.05) is 12.1 Å². The molecule has 3 amide bonds. The van der Waals surface area contributed by atoms with E-state index < -0.39 is 0 Å². The SMILES string of the molecule is CC(C)NC(=O)N1CCC[C@@H](c2cccc(C(=O)NCCN(C)C)c2)C1. The molecule has 1 aromatic rings. The summed E-state index contributed by atoms with van der Waals surface area (Å²) < 4.78 is 0. The molecule has 0 radical (unpaired) electrons. The van der Waals surface area contributed by atoms with Crippen molar-refractivity contribution in [2.24, 2.45) is 0 Å². The molecule has 144 valence electrons. The molecule has 2 N–H and O–H groups in total. The monoisotopic (exact) mass is 360 g/mol. The van der Waals surface area contributed by atoms with Crippen LogP contribution in [0, 0.1) is 0 Å². The molecule has 0 unspecified atom stereocenters. The average molecular weight is 361 g/mol. The summed E-state index contributed by atoms with van der Waals surface area (Å²) in [5.74, 6) is 0.232. The third kappa shape index (κ3) is 6.02. The van der Waals surface area contributed by atoms with E-state index in [9.17, 15) is 9.59 Å². The van der Waals surface area contributed by atoms with Crippen LogP contribution in [0.3, 0.4) is 0 Å². The summed E-state index contributed by atoms with van der Waals surface area (Å²) in [5.41, 5.74) is 1.82. The Morgan fingerprint density at radius 2 is 2.08 bits per heavy atom. The number of likely N-dealkylation sites (tertiary alicyclic amines) is 1. The lowest BCUT2D eigenvalue weighted by Gasteiger charge is -2.33. The largest absolute Gasteiger partial charge is 0.351 e. The molecule has 0 aliphatic carbocycles. The van der Waals surface area contributed by atoms with Gasteiger partial charge in [-0.05, 0) is 58.5 Å². The number of nitrogens with one attached hydrogen (secondary N) is 2. The van der Waals surface area contributed by atoms with Crippen LogP contribution < -0.4 is 10.6 Å². The summed E-state index contributed by atoms with van der Waals surface area (Å²) in [6, 6.07) is 7.95. The van der Waals surface area contributed by atoms with Crippen LogP contribution in [0.2, 0.25) is 0 Å². The molecule has 2 rings (SSSR count). The smallest absolute Gasteiger partial charge is 0.317 e. The molecule has 0 aromatic heterocycles. The van der Waals surface area contributed by atoms with Crippen molar-refractivity contribution in [1.82, 2.24) is 20.4 Å². The molecule has 0 spiro atoms. The van der Waals surface area contributed by atoms with Crippen LogP contribution in [0.4, 0.5) is 4.79 Å². The molecular formula is C20H32N4O2. The molecule has 6 heteroatoms. The lowest BCUT2D eigenvalue weighted by atomic mass is 9.89. The number of urea groups is 1. The Bertz CT molecular complexity index is 616. The normalized spacial score (nSPS) is 17.5. The molecule has 1 atom stereocenters. The van der Waals surface area contributed by atoms with Gasteiger partial charge in [-0.2, -0.15) is 0 Å². The number of hydrogen-bond donors (Lipinski definition) is 2. The van der Waals surface area contributed by atoms with E-state index in [1.807, 2.05) is 55.9 Å². The summed E-state index contributed by atoms with van der Waals surface area (Å²) in [7, 11) is 3.97. The van der Waals surface area contributed by atoms with Crippen LogP contribution >= 0.6 is 0 Å². The molecule has 1 aliphatic heterocycles. The molecule has 1 aromatic carbocycles. The molecule has 26 heavy (non-hydrogen) atoms. The summed E-state index contributed by atoms with van der Waals surface area (Å²) in [5, 5.41) is 5.92. The second-order valence-corrected chi connectivity index (χ2v) is 7.57. The first-order valence-corrected chi connectivity index (χ1v) is 9.45. The van der Waals surface area contributed by atoms with Crippen molar-refractivity contribution >= 4 is 11.9 Å². The summed E-state index contributed by atoms with van der Waals surface area (Å²) in [6.07, 6.45) is 2.02. The highest BCUT2D eigenvalue weighted by atomic mass is 16.2. The van der Waals surface area contributed by atoms with E-state index in [-0.39, 0.29) is 23.9 Å². The summed E-state index contributed by atoms with van der Waals surface area (Å²) >= 11 is 0. The van der Waals surface area contributed by atoms with Gasteiger partial charge in [0.2, 0.25) is 0 Å². The standard InChI is InChI=1S/C20H32N4O2/c1-15(2)22-20(26)24-11-6-9-18(14-24)16-7-5-8-17(13-16)19(25)21-10-12-23(3)4/h5,7-8,13,15,18H,6,9-12,14H2,1-4H3,(H,21,25)(H,22,26)/t18-/m1/s1. The van der Waals surface area contributed by atoms with Gasteiger partial charge in [-0.15, -0.1) is 0 Å². The predicted molar refractivity (Wildman–Crippen MR) is 105 cm³/mol. The van der Waals surface area contributed by atoms with Crippen molar-refractivity contribution in [3.8, 4) is 0 Å². The Kier molecular flexibility index (Phi) is 7.45. The number of likely N-dealkylation sites (N-methyl/N-ethyl adjacent to an activating group) is 1. The summed E-state index contributed by atoms with van der Waals surface area (Å²) in [4.78, 5) is 28.6. The lowest BCUT2D eigenvalue weighted by molar-refractivity contribution is 0.0950. The van der Waals surface area contributed by atoms with Crippen LogP contribution in [0.1, 0.15) is 48.5 Å². The number of nitrogens with zero attached hydrogens (tertiary/aromatic N) is 2. The molecular weight excluding hydrogens is 328 g/mol. The number of carbonyl (C=O) groups is 2. The van der Waals surface area contributed by atoms with Gasteiger partial charge in [-0.25, -0.2) is 4.79 Å². The van der Waals surface area contributed by atoms with E-state index in [0.29, 0.717) is 18.7 Å². The molecule has 1 fully saturated rings. The Hall–Kier alpha value is -2.08. The molecule has 1 saturated heterocycles. The quantitative estimate of drug-likeness (QED) is 0.818. The molecule has 1 heterocycles. The summed E-state index contributed by atoms with van der Waals surface area (Å²) in [6.45, 7) is 6.87. The van der Waals surface area contributed by atoms with Crippen molar-refractivity contribution in [3.05, 3.63) is 35.4 Å². The fraction of sp³-hybridized carbons (Fsp3) is 0.600. The Morgan fingerprint density at radius 3 is 2.77 bits per heavy atom. The first-order chi connectivity index (χ1) is 12.4. The predicted octanol–water partition coefficient (Wildman–Crippen LogP) is 2.28. The van der Waals surface area contributed by atoms with Crippen LogP contribution in [-0.2, 0) is 0 Å². The third-order valence-corrected chi connectivity index (χ3v) is 4.59. The number of hydrogen-bond acceptors (Lipinski definition) is 3. The maximum Gasteiger partial charge on any atom is 0.317 e. The van der Waals surface area contributed by atoms with Gasteiger partial charge in [0.15, 0.2) is 0 Å². The molecule has 0 saturated carbocycles. The minimum Gasteiger partial charge on any atom is -0.351 e. The third-order valence-electron chi connectivity index (χ3n) is 4.59. The number of piperidine rings is 1. The zero-order valence-electron chi connectivity index (χ0n) is 16.4. The Balaban J connectivity index is 2.00. The van der Waals surface area contributed by atoms with E-state index >= 15 is 0 Å². The van der Waals surface area contributed by atoms with Gasteiger partial charge in [0, 0.05) is 43.7 Å². The van der Waals surface area contributed by atoms with Gasteiger partial charge >= 0.3 is 6.03 Å². The number of rotatable bonds is 6. The number of carbonyl (C=O) groups excluding carboxylic acids is 2. The fourth-order valence-electron chi connectivity index (χ4n) is 3.20. The van der Waals surface area contributed by atoms with Gasteiger partial charge < -0.3 is 20.4 Å². The van der Waals surface area contributed by atoms with Crippen molar-refractivity contribution in [2.75, 3.05) is 40.3 Å². The average Bonchev–Trinajstić information content (AvgIpc) is 2.61. The van der Waals surface area contributed by atoms with Crippen molar-refractivity contribution in [1.29, 1.82) is 0 Å². The molecule has 0 bridgehead atoms. The van der Waals surface area contributed by atoms with Gasteiger partial charge in [-0.3, -0.25) is 4.79 Å². The zero-order chi connectivity index (χ0) is 19.1. The second-order valence-electron chi connectivity index (χ2n) is 7.57. The Morgan fingerprint density at radius 1 is 1.31 bits per heavy atom. The van der Waals surface area contributed by atoms with E-state index in [1.54, 1.807) is 0 Å².